The van der Waals surface area contributed by atoms with Crippen LogP contribution >= 0.6 is 11.6 Å². The second-order valence-corrected chi connectivity index (χ2v) is 6.80. The summed E-state index contributed by atoms with van der Waals surface area (Å²) in [4.78, 5) is 37.1. The normalized spacial score (nSPS) is 10.7. The van der Waals surface area contributed by atoms with E-state index >= 15 is 0 Å². The van der Waals surface area contributed by atoms with E-state index in [9.17, 15) is 19.5 Å². The monoisotopic (exact) mass is 414 g/mol. The van der Waals surface area contributed by atoms with Crippen molar-refractivity contribution in [3.05, 3.63) is 85.6 Å². The SMILES string of the molecule is CC(=O)Nc1cccc(-n2nc(CCO)c(=O)n(Cc3ccc(Cl)cc3)c2=O)c1. The van der Waals surface area contributed by atoms with Gasteiger partial charge in [-0.1, -0.05) is 29.8 Å². The molecule has 9 heteroatoms. The molecule has 0 aliphatic heterocycles. The molecule has 0 aliphatic carbocycles. The molecule has 0 saturated carbocycles. The summed E-state index contributed by atoms with van der Waals surface area (Å²) in [6.07, 6.45) is 0.00508. The van der Waals surface area contributed by atoms with Gasteiger partial charge in [0.05, 0.1) is 12.2 Å². The summed E-state index contributed by atoms with van der Waals surface area (Å²) in [6.45, 7) is 1.12. The maximum atomic E-state index is 13.0. The molecule has 0 atom stereocenters. The topological polar surface area (TPSA) is 106 Å². The summed E-state index contributed by atoms with van der Waals surface area (Å²) in [6, 6.07) is 13.4. The minimum atomic E-state index is -0.633. The maximum Gasteiger partial charge on any atom is 0.352 e. The van der Waals surface area contributed by atoms with Gasteiger partial charge in [-0.2, -0.15) is 9.78 Å². The molecule has 1 aromatic heterocycles. The first-order valence-corrected chi connectivity index (χ1v) is 9.23. The molecule has 2 N–H and O–H groups in total. The third kappa shape index (κ3) is 4.79. The van der Waals surface area contributed by atoms with Gasteiger partial charge in [0.25, 0.3) is 5.56 Å². The van der Waals surface area contributed by atoms with Gasteiger partial charge in [0.2, 0.25) is 5.91 Å². The average Bonchev–Trinajstić information content (AvgIpc) is 2.68. The van der Waals surface area contributed by atoms with Gasteiger partial charge in [0.1, 0.15) is 5.69 Å². The van der Waals surface area contributed by atoms with Crippen LogP contribution in [0.3, 0.4) is 0 Å². The Morgan fingerprint density at radius 2 is 1.90 bits per heavy atom. The molecule has 3 aromatic rings. The van der Waals surface area contributed by atoms with Gasteiger partial charge in [-0.05, 0) is 35.9 Å². The molecule has 0 fully saturated rings. The molecule has 2 aromatic carbocycles. The molecule has 150 valence electrons. The zero-order valence-corrected chi connectivity index (χ0v) is 16.4. The fraction of sp³-hybridized carbons (Fsp3) is 0.200. The number of aliphatic hydroxyl groups excluding tert-OH is 1. The lowest BCUT2D eigenvalue weighted by Crippen LogP contribution is -2.43. The molecule has 0 saturated heterocycles. The number of anilines is 1. The van der Waals surface area contributed by atoms with Crippen LogP contribution in [0.25, 0.3) is 5.69 Å². The zero-order chi connectivity index (χ0) is 21.0. The van der Waals surface area contributed by atoms with Crippen molar-refractivity contribution in [3.8, 4) is 5.69 Å². The molecule has 3 rings (SSSR count). The first-order chi connectivity index (χ1) is 13.9. The molecule has 0 radical (unpaired) electrons. The summed E-state index contributed by atoms with van der Waals surface area (Å²) in [5, 5.41) is 16.6. The number of aliphatic hydroxyl groups is 1. The first kappa shape index (κ1) is 20.5. The predicted molar refractivity (Wildman–Crippen MR) is 110 cm³/mol. The Balaban J connectivity index is 2.14. The van der Waals surface area contributed by atoms with Crippen molar-refractivity contribution < 1.29 is 9.90 Å². The number of rotatable bonds is 6. The van der Waals surface area contributed by atoms with Gasteiger partial charge in [-0.25, -0.2) is 4.79 Å². The molecule has 8 nitrogen and oxygen atoms in total. The number of carbonyl (C=O) groups excluding carboxylic acids is 1. The summed E-state index contributed by atoms with van der Waals surface area (Å²) in [5.41, 5.74) is 0.451. The number of halogens is 1. The molecular weight excluding hydrogens is 396 g/mol. The van der Waals surface area contributed by atoms with Crippen LogP contribution in [0.5, 0.6) is 0 Å². The highest BCUT2D eigenvalue weighted by Crippen LogP contribution is 2.13. The van der Waals surface area contributed by atoms with Gasteiger partial charge in [-0.15, -0.1) is 0 Å². The second kappa shape index (κ2) is 8.85. The largest absolute Gasteiger partial charge is 0.396 e. The number of hydrogen-bond acceptors (Lipinski definition) is 5. The molecule has 29 heavy (non-hydrogen) atoms. The lowest BCUT2D eigenvalue weighted by molar-refractivity contribution is -0.114. The fourth-order valence-electron chi connectivity index (χ4n) is 2.82. The van der Waals surface area contributed by atoms with E-state index in [-0.39, 0.29) is 31.2 Å². The van der Waals surface area contributed by atoms with E-state index in [1.165, 1.54) is 6.92 Å². The minimum Gasteiger partial charge on any atom is -0.396 e. The summed E-state index contributed by atoms with van der Waals surface area (Å²) in [7, 11) is 0. The van der Waals surface area contributed by atoms with Crippen molar-refractivity contribution in [2.45, 2.75) is 19.9 Å². The Morgan fingerprint density at radius 1 is 1.17 bits per heavy atom. The number of aromatic nitrogens is 3. The first-order valence-electron chi connectivity index (χ1n) is 8.85. The van der Waals surface area contributed by atoms with Gasteiger partial charge in [-0.3, -0.25) is 14.2 Å². The second-order valence-electron chi connectivity index (χ2n) is 6.36. The van der Waals surface area contributed by atoms with Crippen molar-refractivity contribution in [2.75, 3.05) is 11.9 Å². The highest BCUT2D eigenvalue weighted by molar-refractivity contribution is 6.30. The van der Waals surface area contributed by atoms with Crippen LogP contribution in [0.1, 0.15) is 18.2 Å². The smallest absolute Gasteiger partial charge is 0.352 e. The lowest BCUT2D eigenvalue weighted by Gasteiger charge is -2.13. The van der Waals surface area contributed by atoms with Gasteiger partial charge < -0.3 is 10.4 Å². The van der Waals surface area contributed by atoms with Crippen molar-refractivity contribution in [1.82, 2.24) is 14.3 Å². The highest BCUT2D eigenvalue weighted by Gasteiger charge is 2.15. The quantitative estimate of drug-likeness (QED) is 0.637. The van der Waals surface area contributed by atoms with Crippen LogP contribution in [0.2, 0.25) is 5.02 Å². The molecule has 1 amide bonds. The Bertz CT molecular complexity index is 1150. The van der Waals surface area contributed by atoms with Crippen molar-refractivity contribution in [1.29, 1.82) is 0 Å². The number of nitrogens with one attached hydrogen (secondary N) is 1. The zero-order valence-electron chi connectivity index (χ0n) is 15.6. The standard InChI is InChI=1S/C20H19ClN4O4/c1-13(27)22-16-3-2-4-17(11-16)25-20(29)24(19(28)18(23-25)9-10-26)12-14-5-7-15(21)8-6-14/h2-8,11,26H,9-10,12H2,1H3,(H,22,27). The van der Waals surface area contributed by atoms with Gasteiger partial charge in [0, 0.05) is 30.7 Å². The fourth-order valence-corrected chi connectivity index (χ4v) is 2.95. The number of benzene rings is 2. The molecule has 0 aliphatic rings. The van der Waals surface area contributed by atoms with Gasteiger partial charge >= 0.3 is 5.69 Å². The van der Waals surface area contributed by atoms with Crippen LogP contribution in [0.4, 0.5) is 5.69 Å². The third-order valence-electron chi connectivity index (χ3n) is 4.14. The van der Waals surface area contributed by atoms with E-state index in [0.29, 0.717) is 22.0 Å². The Morgan fingerprint density at radius 3 is 2.55 bits per heavy atom. The highest BCUT2D eigenvalue weighted by atomic mass is 35.5. The molecule has 1 heterocycles. The molecular formula is C20H19ClN4O4. The summed E-state index contributed by atoms with van der Waals surface area (Å²) in [5.74, 6) is -0.254. The molecule has 0 spiro atoms. The molecule has 0 unspecified atom stereocenters. The van der Waals surface area contributed by atoms with Gasteiger partial charge in [0.15, 0.2) is 0 Å². The van der Waals surface area contributed by atoms with Crippen LogP contribution in [-0.4, -0.2) is 32.0 Å². The van der Waals surface area contributed by atoms with E-state index in [2.05, 4.69) is 10.4 Å². The summed E-state index contributed by atoms with van der Waals surface area (Å²) < 4.78 is 2.15. The van der Waals surface area contributed by atoms with E-state index in [1.807, 2.05) is 0 Å². The van der Waals surface area contributed by atoms with E-state index in [0.717, 1.165) is 9.25 Å². The van der Waals surface area contributed by atoms with E-state index in [4.69, 9.17) is 11.6 Å². The Kier molecular flexibility index (Phi) is 6.26. The Hall–Kier alpha value is -3.23. The van der Waals surface area contributed by atoms with Crippen LogP contribution in [0, 0.1) is 0 Å². The number of carbonyl (C=O) groups is 1. The van der Waals surface area contributed by atoms with Crippen molar-refractivity contribution >= 4 is 23.2 Å². The van der Waals surface area contributed by atoms with Crippen molar-refractivity contribution in [2.24, 2.45) is 0 Å². The minimum absolute atomic E-state index is 0.00508. The van der Waals surface area contributed by atoms with Crippen LogP contribution in [-0.2, 0) is 17.8 Å². The van der Waals surface area contributed by atoms with Crippen molar-refractivity contribution in [3.63, 3.8) is 0 Å². The van der Waals surface area contributed by atoms with Crippen LogP contribution < -0.4 is 16.6 Å². The van der Waals surface area contributed by atoms with Crippen LogP contribution in [0.15, 0.2) is 58.1 Å². The average molecular weight is 415 g/mol. The Labute approximate surface area is 171 Å². The molecule has 0 bridgehead atoms. The number of amides is 1. The van der Waals surface area contributed by atoms with E-state index < -0.39 is 11.2 Å². The summed E-state index contributed by atoms with van der Waals surface area (Å²) >= 11 is 5.90. The number of nitrogens with zero attached hydrogens (tertiary/aromatic N) is 3. The maximum absolute atomic E-state index is 13.0. The van der Waals surface area contributed by atoms with E-state index in [1.54, 1.807) is 48.5 Å². The number of hydrogen-bond donors (Lipinski definition) is 2. The lowest BCUT2D eigenvalue weighted by atomic mass is 10.2. The predicted octanol–water partition coefficient (Wildman–Crippen LogP) is 1.59. The third-order valence-corrected chi connectivity index (χ3v) is 4.39.